The highest BCUT2D eigenvalue weighted by Crippen LogP contribution is 2.27. The van der Waals surface area contributed by atoms with Gasteiger partial charge in [-0.2, -0.15) is 5.26 Å². The summed E-state index contributed by atoms with van der Waals surface area (Å²) in [5.41, 5.74) is 3.50. The molecule has 6 heteroatoms. The van der Waals surface area contributed by atoms with E-state index in [-0.39, 0.29) is 12.0 Å². The molecule has 2 aromatic carbocycles. The van der Waals surface area contributed by atoms with Gasteiger partial charge >= 0.3 is 0 Å². The molecule has 6 nitrogen and oxygen atoms in total. The van der Waals surface area contributed by atoms with Gasteiger partial charge in [0, 0.05) is 37.0 Å². The van der Waals surface area contributed by atoms with Crippen LogP contribution in [0.3, 0.4) is 0 Å². The fourth-order valence-corrected chi connectivity index (χ4v) is 3.74. The highest BCUT2D eigenvalue weighted by Gasteiger charge is 2.18. The second-order valence-corrected chi connectivity index (χ2v) is 7.54. The van der Waals surface area contributed by atoms with Crippen LogP contribution in [0.4, 0.5) is 5.82 Å². The van der Waals surface area contributed by atoms with Crippen molar-refractivity contribution >= 4 is 11.7 Å². The molecule has 4 rings (SSSR count). The molecule has 1 aromatic heterocycles. The first-order valence-corrected chi connectivity index (χ1v) is 10.3. The number of morpholine rings is 1. The Hall–Kier alpha value is -3.69. The number of nitrogens with one attached hydrogen (secondary N) is 1. The first-order chi connectivity index (χ1) is 15.2. The number of nitriles is 1. The molecule has 1 saturated heterocycles. The van der Waals surface area contributed by atoms with Crippen LogP contribution < -0.4 is 10.2 Å². The van der Waals surface area contributed by atoms with Crippen molar-refractivity contribution in [3.63, 3.8) is 0 Å². The number of hydrogen-bond acceptors (Lipinski definition) is 5. The van der Waals surface area contributed by atoms with Crippen molar-refractivity contribution in [2.75, 3.05) is 24.6 Å². The summed E-state index contributed by atoms with van der Waals surface area (Å²) in [6.07, 6.45) is 1.99. The zero-order valence-electron chi connectivity index (χ0n) is 17.4. The van der Waals surface area contributed by atoms with Gasteiger partial charge < -0.3 is 15.0 Å². The van der Waals surface area contributed by atoms with E-state index in [1.807, 2.05) is 48.5 Å². The number of carbonyl (C=O) groups is 1. The van der Waals surface area contributed by atoms with Crippen LogP contribution in [0.1, 0.15) is 28.4 Å². The van der Waals surface area contributed by atoms with Gasteiger partial charge in [-0.15, -0.1) is 0 Å². The summed E-state index contributed by atoms with van der Waals surface area (Å²) in [7, 11) is 0. The Balaban J connectivity index is 1.46. The number of aromatic nitrogens is 1. The Morgan fingerprint density at radius 1 is 1.16 bits per heavy atom. The normalized spacial score (nSPS) is 15.9. The van der Waals surface area contributed by atoms with E-state index in [4.69, 9.17) is 4.74 Å². The Labute approximate surface area is 182 Å². The molecule has 1 fully saturated rings. The van der Waals surface area contributed by atoms with Gasteiger partial charge in [0.2, 0.25) is 0 Å². The van der Waals surface area contributed by atoms with Crippen LogP contribution in [0.25, 0.3) is 11.1 Å². The van der Waals surface area contributed by atoms with Crippen molar-refractivity contribution in [3.8, 4) is 17.2 Å². The van der Waals surface area contributed by atoms with E-state index in [0.717, 1.165) is 35.6 Å². The van der Waals surface area contributed by atoms with Crippen LogP contribution in [0, 0.1) is 11.3 Å². The lowest BCUT2D eigenvalue weighted by Gasteiger charge is -2.32. The Bertz CT molecular complexity index is 1110. The molecule has 156 valence electrons. The number of hydrogen-bond donors (Lipinski definition) is 1. The lowest BCUT2D eigenvalue weighted by atomic mass is 9.95. The third kappa shape index (κ3) is 4.73. The molecule has 1 atom stereocenters. The summed E-state index contributed by atoms with van der Waals surface area (Å²) in [4.78, 5) is 19.7. The van der Waals surface area contributed by atoms with E-state index in [1.54, 1.807) is 18.3 Å². The minimum Gasteiger partial charge on any atom is -0.375 e. The average Bonchev–Trinajstić information content (AvgIpc) is 2.83. The van der Waals surface area contributed by atoms with Crippen LogP contribution in [0.2, 0.25) is 0 Å². The molecule has 3 aromatic rings. The number of benzene rings is 2. The van der Waals surface area contributed by atoms with E-state index in [1.165, 1.54) is 0 Å². The van der Waals surface area contributed by atoms with Crippen molar-refractivity contribution in [3.05, 3.63) is 83.6 Å². The maximum atomic E-state index is 12.9. The number of anilines is 1. The summed E-state index contributed by atoms with van der Waals surface area (Å²) < 4.78 is 5.58. The zero-order chi connectivity index (χ0) is 21.6. The summed E-state index contributed by atoms with van der Waals surface area (Å²) in [6, 6.07) is 20.8. The SMILES string of the molecule is CC1CN(c2ccc(CNC(=O)c3ccccc3-c3ccccc3C#N)cn2)CCO1. The van der Waals surface area contributed by atoms with Crippen molar-refractivity contribution in [2.45, 2.75) is 19.6 Å². The van der Waals surface area contributed by atoms with Crippen LogP contribution in [-0.2, 0) is 11.3 Å². The maximum absolute atomic E-state index is 12.9. The van der Waals surface area contributed by atoms with Crippen molar-refractivity contribution in [1.82, 2.24) is 10.3 Å². The summed E-state index contributed by atoms with van der Waals surface area (Å²) in [5, 5.41) is 12.4. The number of carbonyl (C=O) groups excluding carboxylic acids is 1. The maximum Gasteiger partial charge on any atom is 0.252 e. The van der Waals surface area contributed by atoms with E-state index in [2.05, 4.69) is 28.2 Å². The number of rotatable bonds is 5. The Morgan fingerprint density at radius 2 is 1.94 bits per heavy atom. The van der Waals surface area contributed by atoms with Crippen LogP contribution in [-0.4, -0.2) is 36.7 Å². The number of ether oxygens (including phenoxy) is 1. The molecule has 31 heavy (non-hydrogen) atoms. The van der Waals surface area contributed by atoms with Crippen LogP contribution in [0.15, 0.2) is 66.9 Å². The molecule has 0 saturated carbocycles. The van der Waals surface area contributed by atoms with Crippen LogP contribution >= 0.6 is 0 Å². The van der Waals surface area contributed by atoms with Crippen molar-refractivity contribution in [1.29, 1.82) is 5.26 Å². The summed E-state index contributed by atoms with van der Waals surface area (Å²) >= 11 is 0. The molecule has 0 bridgehead atoms. The number of amides is 1. The van der Waals surface area contributed by atoms with E-state index in [9.17, 15) is 10.1 Å². The van der Waals surface area contributed by atoms with Gasteiger partial charge in [0.15, 0.2) is 0 Å². The predicted molar refractivity (Wildman–Crippen MR) is 120 cm³/mol. The molecule has 1 unspecified atom stereocenters. The van der Waals surface area contributed by atoms with Crippen LogP contribution in [0.5, 0.6) is 0 Å². The standard InChI is InChI=1S/C25H24N4O2/c1-18-17-29(12-13-31-18)24-11-10-19(15-27-24)16-28-25(30)23-9-5-4-8-22(23)21-7-3-2-6-20(21)14-26/h2-11,15,18H,12-13,16-17H2,1H3,(H,28,30). The first-order valence-electron chi connectivity index (χ1n) is 10.3. The topological polar surface area (TPSA) is 78.3 Å². The van der Waals surface area contributed by atoms with Gasteiger partial charge in [0.05, 0.1) is 24.3 Å². The highest BCUT2D eigenvalue weighted by atomic mass is 16.5. The highest BCUT2D eigenvalue weighted by molar-refractivity contribution is 6.01. The molecule has 0 radical (unpaired) electrons. The van der Waals surface area contributed by atoms with E-state index < -0.39 is 0 Å². The van der Waals surface area contributed by atoms with Gasteiger partial charge in [-0.05, 0) is 36.2 Å². The molecule has 1 aliphatic heterocycles. The van der Waals surface area contributed by atoms with Gasteiger partial charge in [-0.1, -0.05) is 42.5 Å². The third-order valence-corrected chi connectivity index (χ3v) is 5.34. The zero-order valence-corrected chi connectivity index (χ0v) is 17.4. The monoisotopic (exact) mass is 412 g/mol. The lowest BCUT2D eigenvalue weighted by molar-refractivity contribution is 0.0529. The van der Waals surface area contributed by atoms with Gasteiger partial charge in [0.25, 0.3) is 5.91 Å². The molecule has 0 spiro atoms. The quantitative estimate of drug-likeness (QED) is 0.690. The fourth-order valence-electron chi connectivity index (χ4n) is 3.74. The third-order valence-electron chi connectivity index (χ3n) is 5.34. The molecule has 1 N–H and O–H groups in total. The molecule has 1 aliphatic rings. The van der Waals surface area contributed by atoms with E-state index in [0.29, 0.717) is 24.3 Å². The number of pyridine rings is 1. The first kappa shape index (κ1) is 20.6. The second kappa shape index (κ2) is 9.41. The Morgan fingerprint density at radius 3 is 2.68 bits per heavy atom. The Kier molecular flexibility index (Phi) is 6.25. The molecule has 0 aliphatic carbocycles. The minimum atomic E-state index is -0.186. The van der Waals surface area contributed by atoms with Gasteiger partial charge in [-0.3, -0.25) is 4.79 Å². The second-order valence-electron chi connectivity index (χ2n) is 7.54. The lowest BCUT2D eigenvalue weighted by Crippen LogP contribution is -2.41. The number of nitrogens with zero attached hydrogens (tertiary/aromatic N) is 3. The summed E-state index contributed by atoms with van der Waals surface area (Å²) in [5.74, 6) is 0.734. The fraction of sp³-hybridized carbons (Fsp3) is 0.240. The largest absolute Gasteiger partial charge is 0.375 e. The molecular weight excluding hydrogens is 388 g/mol. The van der Waals surface area contributed by atoms with Crippen molar-refractivity contribution < 1.29 is 9.53 Å². The molecule has 1 amide bonds. The molecule has 2 heterocycles. The average molecular weight is 412 g/mol. The summed E-state index contributed by atoms with van der Waals surface area (Å²) in [6.45, 7) is 4.79. The predicted octanol–water partition coefficient (Wildman–Crippen LogP) is 3.78. The van der Waals surface area contributed by atoms with Gasteiger partial charge in [-0.25, -0.2) is 4.98 Å². The molecular formula is C25H24N4O2. The van der Waals surface area contributed by atoms with Crippen molar-refractivity contribution in [2.24, 2.45) is 0 Å². The van der Waals surface area contributed by atoms with E-state index >= 15 is 0 Å². The van der Waals surface area contributed by atoms with Gasteiger partial charge in [0.1, 0.15) is 5.82 Å². The smallest absolute Gasteiger partial charge is 0.252 e. The minimum absolute atomic E-state index is 0.186.